The van der Waals surface area contributed by atoms with Crippen molar-refractivity contribution in [3.8, 4) is 67.5 Å². The molecule has 0 aliphatic rings. The zero-order valence-corrected chi connectivity index (χ0v) is 87.5. The van der Waals surface area contributed by atoms with Crippen LogP contribution in [0.2, 0.25) is 39.3 Å². The molecule has 12 aromatic heterocycles. The first-order valence-corrected chi connectivity index (χ1v) is 53.5. The molecule has 0 spiro atoms. The van der Waals surface area contributed by atoms with E-state index in [0.29, 0.717) is 17.5 Å². The van der Waals surface area contributed by atoms with Gasteiger partial charge in [-0.1, -0.05) is 291 Å². The first-order chi connectivity index (χ1) is 63.6. The number of aromatic nitrogens is 9. The first-order valence-electron chi connectivity index (χ1n) is 44.5. The van der Waals surface area contributed by atoms with Crippen LogP contribution in [0.25, 0.3) is 133 Å². The predicted molar refractivity (Wildman–Crippen MR) is 547 cm³/mol. The molecule has 21 aromatic rings. The third-order valence-corrected chi connectivity index (χ3v) is 34.3. The number of aryl methyl sites for hydroxylation is 3. The summed E-state index contributed by atoms with van der Waals surface area (Å²) in [6.07, 6.45) is 18.6. The van der Waals surface area contributed by atoms with Crippen LogP contribution in [0.3, 0.4) is 0 Å². The summed E-state index contributed by atoms with van der Waals surface area (Å²) in [6, 6.07) is 121. The third kappa shape index (κ3) is 23.0. The Bertz CT molecular complexity index is 7100. The molecule has 134 heavy (non-hydrogen) atoms. The van der Waals surface area contributed by atoms with Crippen LogP contribution < -0.4 is 31.1 Å². The SMILES string of the molecule is CC(C)Cc1cc(-c2[c-]ncc3c2oc2ccccc23)ncc1[Si](C)(C)c1ccccc1.Cc1cc2c(oc3c(-c4ccc([Si](C)(C)c5ccccc5)cn4)[c-]ccc32)c(C)n1.Cc1ccc2c(n1)oc1c(-c3cc(CC(C)C)c([Si](C)(C)c4ccccc4)cn3)[c-]ccc12.[Ir].[Ir].[Ir].[c-]1ccccc1-c1ccccn1.[c-]1ccccc1-c1ccccn1.[c-]1ccccc1-c1ccccn1. The molecule has 0 saturated heterocycles. The van der Waals surface area contributed by atoms with Crippen LogP contribution in [0.4, 0.5) is 0 Å². The molecule has 0 bridgehead atoms. The summed E-state index contributed by atoms with van der Waals surface area (Å²) >= 11 is 0. The van der Waals surface area contributed by atoms with Crippen LogP contribution in [0.1, 0.15) is 55.9 Å². The quantitative estimate of drug-likeness (QED) is 0.0668. The van der Waals surface area contributed by atoms with Crippen LogP contribution in [-0.4, -0.2) is 69.1 Å². The fraction of sp³-hybridized carbons (Fsp3) is 0.147. The van der Waals surface area contributed by atoms with Crippen LogP contribution >= 0.6 is 0 Å². The second-order valence-corrected chi connectivity index (χ2v) is 48.2. The monoisotopic (exact) mass is 2330 g/mol. The Labute approximate surface area is 829 Å². The smallest absolute Gasteiger partial charge is 0.216 e. The molecule has 675 valence electrons. The second kappa shape index (κ2) is 45.4. The Kier molecular flexibility index (Phi) is 33.5. The minimum absolute atomic E-state index is 0. The Morgan fingerprint density at radius 1 is 0.299 bits per heavy atom. The van der Waals surface area contributed by atoms with E-state index < -0.39 is 24.2 Å². The van der Waals surface area contributed by atoms with Gasteiger partial charge in [-0.2, -0.15) is 0 Å². The van der Waals surface area contributed by atoms with E-state index in [1.165, 1.54) is 42.2 Å². The van der Waals surface area contributed by atoms with E-state index in [1.54, 1.807) is 18.6 Å². The van der Waals surface area contributed by atoms with E-state index in [2.05, 4.69) is 291 Å². The standard InChI is InChI=1S/C29H29N2OSi.C28H27N2OSi.C26H23N2OSi.3C11H8N.3Ir/c1-19(2)16-21-17-26(30-18-27(21)33(4,5)22-10-7-6-8-11-22)25-13-9-12-23-24-15-14-20(3)31-29(24)32-28(23)25;1-19(2)14-20-15-25(30-18-27(20)32(3,4)21-10-6-5-7-11-21)24-17-29-16-23-22-12-8-9-13-26(22)31-28(23)24;1-17-15-23-21-11-8-12-22(26(21)29-25(23)18(2)28-17)24-14-13-20(16-27-24)30(3,4)19-9-6-5-7-10-19;3*1-2-6-10(7-3-1)11-8-4-5-9-12-11;;;/h6-12,14-15,17-19H,16H2,1-5H3;5-13,15-16,18-19H,14H2,1-4H3;5-11,13-16H,1-4H3;3*1-6,8-9H;;;/q6*-1;;;. The molecule has 0 fully saturated rings. The number of fused-ring (bicyclic) bond motifs is 9. The Balaban J connectivity index is 0.000000142. The van der Waals surface area contributed by atoms with Gasteiger partial charge in [0.1, 0.15) is 35.4 Å². The maximum atomic E-state index is 6.27. The molecule has 9 aromatic carbocycles. The molecule has 0 saturated carbocycles. The van der Waals surface area contributed by atoms with Gasteiger partial charge in [-0.05, 0) is 155 Å². The topological polar surface area (TPSA) is 155 Å². The fourth-order valence-electron chi connectivity index (χ4n) is 16.7. The molecule has 0 atom stereocenters. The number of para-hydroxylation sites is 1. The Morgan fingerprint density at radius 3 is 1.21 bits per heavy atom. The second-order valence-electron chi connectivity index (χ2n) is 35.0. The van der Waals surface area contributed by atoms with Gasteiger partial charge in [-0.25, -0.2) is 4.98 Å². The van der Waals surface area contributed by atoms with Gasteiger partial charge in [0.25, 0.3) is 0 Å². The fourth-order valence-corrected chi connectivity index (χ4v) is 24.3. The molecule has 0 aliphatic carbocycles. The number of hydrogen-bond donors (Lipinski definition) is 0. The van der Waals surface area contributed by atoms with E-state index >= 15 is 0 Å². The zero-order chi connectivity index (χ0) is 91.0. The molecular weight excluding hydrogens is 2230 g/mol. The van der Waals surface area contributed by atoms with Gasteiger partial charge >= 0.3 is 0 Å². The summed E-state index contributed by atoms with van der Waals surface area (Å²) in [7, 11) is -5.54. The minimum Gasteiger partial charge on any atom is -0.500 e. The number of hydrogen-bond acceptors (Lipinski definition) is 12. The largest absolute Gasteiger partial charge is 0.500 e. The van der Waals surface area contributed by atoms with Gasteiger partial charge in [0.2, 0.25) is 5.71 Å². The molecule has 12 nitrogen and oxygen atoms in total. The van der Waals surface area contributed by atoms with E-state index in [9.17, 15) is 0 Å². The van der Waals surface area contributed by atoms with E-state index in [1.807, 2.05) is 197 Å². The molecule has 18 heteroatoms. The molecule has 3 radical (unpaired) electrons. The molecule has 0 N–H and O–H groups in total. The number of benzene rings is 9. The number of pyridine rings is 9. The summed E-state index contributed by atoms with van der Waals surface area (Å²) in [5.74, 6) is 1.10. The van der Waals surface area contributed by atoms with Gasteiger partial charge < -0.3 is 48.1 Å². The Hall–Kier alpha value is -12.7. The summed E-state index contributed by atoms with van der Waals surface area (Å²) in [5.41, 5.74) is 21.7. The third-order valence-electron chi connectivity index (χ3n) is 23.7. The molecule has 0 amide bonds. The maximum absolute atomic E-state index is 6.27. The summed E-state index contributed by atoms with van der Waals surface area (Å²) in [5, 5.41) is 14.7. The van der Waals surface area contributed by atoms with Crippen LogP contribution in [-0.2, 0) is 73.2 Å². The number of furan rings is 3. The van der Waals surface area contributed by atoms with Crippen molar-refractivity contribution in [2.45, 2.75) is 101 Å². The normalized spacial score (nSPS) is 11.2. The molecule has 21 rings (SSSR count). The van der Waals surface area contributed by atoms with Gasteiger partial charge in [-0.3, -0.25) is 4.98 Å². The zero-order valence-electron chi connectivity index (χ0n) is 77.3. The van der Waals surface area contributed by atoms with Crippen molar-refractivity contribution >= 4 is 121 Å². The van der Waals surface area contributed by atoms with Gasteiger partial charge in [-0.15, -0.1) is 144 Å². The summed E-state index contributed by atoms with van der Waals surface area (Å²) in [6.45, 7) is 29.5. The molecule has 0 unspecified atom stereocenters. The first kappa shape index (κ1) is 98.8. The average molecular weight is 2330 g/mol. The van der Waals surface area contributed by atoms with Crippen molar-refractivity contribution in [2.24, 2.45) is 11.8 Å². The molecule has 12 heterocycles. The summed E-state index contributed by atoms with van der Waals surface area (Å²) in [4.78, 5) is 40.9. The summed E-state index contributed by atoms with van der Waals surface area (Å²) < 4.78 is 18.7. The number of nitrogens with zero attached hydrogens (tertiary/aromatic N) is 9. The van der Waals surface area contributed by atoms with Gasteiger partial charge in [0.15, 0.2) is 0 Å². The van der Waals surface area contributed by atoms with Crippen molar-refractivity contribution < 1.29 is 73.6 Å². The van der Waals surface area contributed by atoms with Gasteiger partial charge in [0.05, 0.1) is 22.4 Å². The predicted octanol–water partition coefficient (Wildman–Crippen LogP) is 25.0. The van der Waals surface area contributed by atoms with E-state index in [4.69, 9.17) is 28.2 Å². The Morgan fingerprint density at radius 2 is 0.739 bits per heavy atom. The maximum Gasteiger partial charge on any atom is 0.216 e. The van der Waals surface area contributed by atoms with Crippen molar-refractivity contribution in [3.05, 3.63) is 417 Å². The van der Waals surface area contributed by atoms with E-state index in [0.717, 1.165) is 158 Å². The van der Waals surface area contributed by atoms with Gasteiger partial charge in [0, 0.05) is 125 Å². The van der Waals surface area contributed by atoms with Crippen LogP contribution in [0.15, 0.2) is 366 Å². The number of rotatable bonds is 16. The molecule has 0 aliphatic heterocycles. The van der Waals surface area contributed by atoms with Crippen molar-refractivity contribution in [1.29, 1.82) is 0 Å². The van der Waals surface area contributed by atoms with Crippen molar-refractivity contribution in [1.82, 2.24) is 44.9 Å². The van der Waals surface area contributed by atoms with Crippen LogP contribution in [0, 0.1) is 69.1 Å². The van der Waals surface area contributed by atoms with E-state index in [-0.39, 0.29) is 60.3 Å². The molecular formula is C116H103Ir3N9O3Si3-6. The van der Waals surface area contributed by atoms with Crippen LogP contribution in [0.5, 0.6) is 0 Å². The minimum atomic E-state index is -1.88. The average Bonchev–Trinajstić information content (AvgIpc) is 1.60. The van der Waals surface area contributed by atoms with Crippen molar-refractivity contribution in [3.63, 3.8) is 0 Å². The van der Waals surface area contributed by atoms with Crippen molar-refractivity contribution in [2.75, 3.05) is 0 Å².